The number of rotatable bonds is 7. The highest BCUT2D eigenvalue weighted by Gasteiger charge is 2.12. The van der Waals surface area contributed by atoms with E-state index in [4.69, 9.17) is 14.2 Å². The first-order valence-corrected chi connectivity index (χ1v) is 5.15. The van der Waals surface area contributed by atoms with E-state index in [1.165, 1.54) is 14.2 Å². The molecule has 5 heteroatoms. The van der Waals surface area contributed by atoms with Gasteiger partial charge in [-0.3, -0.25) is 4.79 Å². The number of ether oxygens (including phenoxy) is 3. The van der Waals surface area contributed by atoms with Crippen molar-refractivity contribution in [2.24, 2.45) is 0 Å². The Morgan fingerprint density at radius 1 is 1.35 bits per heavy atom. The minimum absolute atomic E-state index is 0.0368. The normalized spacial score (nSPS) is 11.9. The Morgan fingerprint density at radius 3 is 2.71 bits per heavy atom. The summed E-state index contributed by atoms with van der Waals surface area (Å²) in [6, 6.07) is 5.00. The van der Waals surface area contributed by atoms with Crippen LogP contribution in [0.25, 0.3) is 0 Å². The van der Waals surface area contributed by atoms with Crippen molar-refractivity contribution in [1.82, 2.24) is 0 Å². The Hall–Kier alpha value is -1.59. The highest BCUT2D eigenvalue weighted by molar-refractivity contribution is 5.81. The van der Waals surface area contributed by atoms with Gasteiger partial charge in [0, 0.05) is 7.11 Å². The van der Waals surface area contributed by atoms with Gasteiger partial charge in [-0.25, -0.2) is 0 Å². The number of aliphatic hydroxyl groups is 1. The minimum atomic E-state index is -0.746. The van der Waals surface area contributed by atoms with Crippen molar-refractivity contribution in [3.63, 3.8) is 0 Å². The van der Waals surface area contributed by atoms with Gasteiger partial charge in [-0.05, 0) is 12.1 Å². The third kappa shape index (κ3) is 3.72. The van der Waals surface area contributed by atoms with E-state index in [-0.39, 0.29) is 13.2 Å². The van der Waals surface area contributed by atoms with Gasteiger partial charge in [0.15, 0.2) is 17.8 Å². The molecule has 1 N–H and O–H groups in total. The van der Waals surface area contributed by atoms with Crippen LogP contribution in [0.2, 0.25) is 0 Å². The van der Waals surface area contributed by atoms with Crippen LogP contribution in [0.1, 0.15) is 10.4 Å². The molecule has 0 aliphatic heterocycles. The smallest absolute Gasteiger partial charge is 0.171 e. The topological polar surface area (TPSA) is 65.0 Å². The van der Waals surface area contributed by atoms with Crippen LogP contribution >= 0.6 is 0 Å². The summed E-state index contributed by atoms with van der Waals surface area (Å²) in [5.74, 6) is 0.791. The molecule has 0 aromatic heterocycles. The van der Waals surface area contributed by atoms with Crippen molar-refractivity contribution in [2.75, 3.05) is 27.4 Å². The van der Waals surface area contributed by atoms with Crippen LogP contribution in [0.15, 0.2) is 18.2 Å². The van der Waals surface area contributed by atoms with Crippen LogP contribution in [-0.2, 0) is 4.74 Å². The molecule has 0 fully saturated rings. The maximum Gasteiger partial charge on any atom is 0.171 e. The molecule has 1 unspecified atom stereocenters. The monoisotopic (exact) mass is 240 g/mol. The summed E-state index contributed by atoms with van der Waals surface area (Å²) in [7, 11) is 2.98. The first-order chi connectivity index (χ1) is 8.22. The highest BCUT2D eigenvalue weighted by Crippen LogP contribution is 2.29. The second kappa shape index (κ2) is 6.88. The number of hydrogen-bond donors (Lipinski definition) is 1. The molecule has 0 saturated heterocycles. The first-order valence-electron chi connectivity index (χ1n) is 5.15. The molecule has 1 aromatic carbocycles. The number of methoxy groups -OCH3 is 2. The number of carbonyl (C=O) groups excluding carboxylic acids is 1. The van der Waals surface area contributed by atoms with E-state index in [1.54, 1.807) is 18.2 Å². The Morgan fingerprint density at radius 2 is 2.12 bits per heavy atom. The van der Waals surface area contributed by atoms with Crippen LogP contribution in [0.5, 0.6) is 11.5 Å². The van der Waals surface area contributed by atoms with Gasteiger partial charge in [0.1, 0.15) is 12.7 Å². The zero-order valence-corrected chi connectivity index (χ0v) is 9.88. The minimum Gasteiger partial charge on any atom is -0.493 e. The van der Waals surface area contributed by atoms with Gasteiger partial charge in [-0.15, -0.1) is 0 Å². The van der Waals surface area contributed by atoms with E-state index >= 15 is 0 Å². The molecule has 0 bridgehead atoms. The van der Waals surface area contributed by atoms with Gasteiger partial charge in [0.25, 0.3) is 0 Å². The molecule has 0 saturated carbocycles. The van der Waals surface area contributed by atoms with Crippen molar-refractivity contribution in [1.29, 1.82) is 0 Å². The lowest BCUT2D eigenvalue weighted by atomic mass is 10.2. The van der Waals surface area contributed by atoms with Crippen molar-refractivity contribution < 1.29 is 24.1 Å². The molecule has 1 atom stereocenters. The van der Waals surface area contributed by atoms with Gasteiger partial charge in [0.2, 0.25) is 0 Å². The molecule has 1 aromatic rings. The first kappa shape index (κ1) is 13.5. The molecule has 94 valence electrons. The number of hydrogen-bond acceptors (Lipinski definition) is 5. The predicted molar refractivity (Wildman–Crippen MR) is 61.8 cm³/mol. The average Bonchev–Trinajstić information content (AvgIpc) is 2.36. The lowest BCUT2D eigenvalue weighted by Crippen LogP contribution is -2.23. The fourth-order valence-corrected chi connectivity index (χ4v) is 1.36. The molecule has 5 nitrogen and oxygen atoms in total. The molecule has 1 rings (SSSR count). The maximum atomic E-state index is 10.8. The third-order valence-electron chi connectivity index (χ3n) is 2.14. The molecular weight excluding hydrogens is 224 g/mol. The van der Waals surface area contributed by atoms with Crippen molar-refractivity contribution >= 4 is 6.29 Å². The number of aliphatic hydroxyl groups excluding tert-OH is 1. The SMILES string of the molecule is COCC(O)COc1c(C=O)cccc1OC. The number of carbonyl (C=O) groups is 1. The standard InChI is InChI=1S/C12H16O5/c1-15-7-10(14)8-17-12-9(6-13)4-3-5-11(12)16-2/h3-6,10,14H,7-8H2,1-2H3. The summed E-state index contributed by atoms with van der Waals surface area (Å²) in [6.45, 7) is 0.209. The van der Waals surface area contributed by atoms with E-state index in [9.17, 15) is 9.90 Å². The van der Waals surface area contributed by atoms with Gasteiger partial charge in [-0.1, -0.05) is 6.07 Å². The molecule has 0 spiro atoms. The van der Waals surface area contributed by atoms with Gasteiger partial charge >= 0.3 is 0 Å². The summed E-state index contributed by atoms with van der Waals surface area (Å²) in [5.41, 5.74) is 0.383. The molecule has 17 heavy (non-hydrogen) atoms. The van der Waals surface area contributed by atoms with E-state index in [2.05, 4.69) is 0 Å². The lowest BCUT2D eigenvalue weighted by Gasteiger charge is -2.15. The quantitative estimate of drug-likeness (QED) is 0.717. The zero-order chi connectivity index (χ0) is 12.7. The summed E-state index contributed by atoms with van der Waals surface area (Å²) in [4.78, 5) is 10.8. The van der Waals surface area contributed by atoms with Gasteiger partial charge in [0.05, 0.1) is 19.3 Å². The molecule has 0 aliphatic carbocycles. The van der Waals surface area contributed by atoms with Crippen LogP contribution in [0.4, 0.5) is 0 Å². The van der Waals surface area contributed by atoms with Crippen LogP contribution in [0, 0.1) is 0 Å². The van der Waals surface area contributed by atoms with Crippen LogP contribution in [0.3, 0.4) is 0 Å². The molecular formula is C12H16O5. The number of benzene rings is 1. The molecule has 0 amide bonds. The zero-order valence-electron chi connectivity index (χ0n) is 9.88. The van der Waals surface area contributed by atoms with Gasteiger partial charge < -0.3 is 19.3 Å². The van der Waals surface area contributed by atoms with Gasteiger partial charge in [-0.2, -0.15) is 0 Å². The Labute approximate surface area is 99.9 Å². The summed E-state index contributed by atoms with van der Waals surface area (Å²) < 4.78 is 15.2. The fourth-order valence-electron chi connectivity index (χ4n) is 1.36. The third-order valence-corrected chi connectivity index (χ3v) is 2.14. The van der Waals surface area contributed by atoms with Crippen molar-refractivity contribution in [3.05, 3.63) is 23.8 Å². The Balaban J connectivity index is 2.77. The van der Waals surface area contributed by atoms with E-state index in [0.29, 0.717) is 23.3 Å². The molecule has 0 heterocycles. The van der Waals surface area contributed by atoms with E-state index in [1.807, 2.05) is 0 Å². The Kier molecular flexibility index (Phi) is 5.45. The van der Waals surface area contributed by atoms with E-state index in [0.717, 1.165) is 0 Å². The fraction of sp³-hybridized carbons (Fsp3) is 0.417. The highest BCUT2D eigenvalue weighted by atomic mass is 16.5. The molecule has 0 aliphatic rings. The van der Waals surface area contributed by atoms with Crippen LogP contribution in [-0.4, -0.2) is 44.9 Å². The second-order valence-corrected chi connectivity index (χ2v) is 3.42. The Bertz CT molecular complexity index is 364. The largest absolute Gasteiger partial charge is 0.493 e. The lowest BCUT2D eigenvalue weighted by molar-refractivity contribution is 0.0317. The maximum absolute atomic E-state index is 10.8. The van der Waals surface area contributed by atoms with Crippen molar-refractivity contribution in [2.45, 2.75) is 6.10 Å². The molecule has 0 radical (unpaired) electrons. The number of aldehydes is 1. The second-order valence-electron chi connectivity index (χ2n) is 3.42. The van der Waals surface area contributed by atoms with Crippen molar-refractivity contribution in [3.8, 4) is 11.5 Å². The average molecular weight is 240 g/mol. The number of para-hydroxylation sites is 1. The summed E-state index contributed by atoms with van der Waals surface area (Å²) in [6.07, 6.45) is -0.0648. The predicted octanol–water partition coefficient (Wildman–Crippen LogP) is 0.894. The summed E-state index contributed by atoms with van der Waals surface area (Å²) >= 11 is 0. The van der Waals surface area contributed by atoms with E-state index < -0.39 is 6.10 Å². The summed E-state index contributed by atoms with van der Waals surface area (Å²) in [5, 5.41) is 9.46. The van der Waals surface area contributed by atoms with Crippen LogP contribution < -0.4 is 9.47 Å².